The first-order valence-corrected chi connectivity index (χ1v) is 6.02. The summed E-state index contributed by atoms with van der Waals surface area (Å²) in [5, 5.41) is 5.67. The topological polar surface area (TPSA) is 70.2 Å². The van der Waals surface area contributed by atoms with Crippen LogP contribution in [-0.2, 0) is 4.79 Å². The molecule has 1 aromatic rings. The van der Waals surface area contributed by atoms with Gasteiger partial charge in [0.15, 0.2) is 0 Å². The monoisotopic (exact) mass is 251 g/mol. The smallest absolute Gasteiger partial charge is 0.239 e. The molecular formula is C12H21N5O. The van der Waals surface area contributed by atoms with Gasteiger partial charge in [-0.3, -0.25) is 4.79 Å². The number of amides is 1. The lowest BCUT2D eigenvalue weighted by Gasteiger charge is -2.24. The van der Waals surface area contributed by atoms with E-state index in [4.69, 9.17) is 0 Å². The fraction of sp³-hybridized carbons (Fsp3) is 0.583. The predicted octanol–water partition coefficient (Wildman–Crippen LogP) is 0.707. The summed E-state index contributed by atoms with van der Waals surface area (Å²) in [6.07, 6.45) is 0. The minimum Gasteiger partial charge on any atom is -0.373 e. The van der Waals surface area contributed by atoms with Crippen LogP contribution in [-0.4, -0.2) is 43.1 Å². The van der Waals surface area contributed by atoms with Crippen molar-refractivity contribution in [1.29, 1.82) is 0 Å². The number of likely N-dealkylation sites (N-methyl/N-ethyl adjacent to an activating group) is 2. The molecule has 2 N–H and O–H groups in total. The molecule has 6 heteroatoms. The minimum absolute atomic E-state index is 0.0291. The highest BCUT2D eigenvalue weighted by atomic mass is 16.1. The molecular weight excluding hydrogens is 230 g/mol. The highest BCUT2D eigenvalue weighted by Crippen LogP contribution is 2.22. The third-order valence-electron chi connectivity index (χ3n) is 2.76. The molecule has 0 spiro atoms. The number of hydrogen-bond donors (Lipinski definition) is 2. The highest BCUT2D eigenvalue weighted by molar-refractivity contribution is 5.81. The minimum atomic E-state index is -0.0291. The first-order chi connectivity index (χ1) is 8.53. The summed E-state index contributed by atoms with van der Waals surface area (Å²) in [5.41, 5.74) is 0.953. The predicted molar refractivity (Wildman–Crippen MR) is 73.0 cm³/mol. The van der Waals surface area contributed by atoms with Crippen LogP contribution in [0.1, 0.15) is 18.3 Å². The quantitative estimate of drug-likeness (QED) is 0.806. The molecule has 0 aromatic carbocycles. The largest absolute Gasteiger partial charge is 0.373 e. The van der Waals surface area contributed by atoms with Crippen LogP contribution in [0, 0.1) is 13.8 Å². The van der Waals surface area contributed by atoms with E-state index in [0.717, 1.165) is 17.2 Å². The normalized spacial score (nSPS) is 10.1. The van der Waals surface area contributed by atoms with Crippen LogP contribution >= 0.6 is 0 Å². The van der Waals surface area contributed by atoms with Gasteiger partial charge in [-0.25, -0.2) is 9.97 Å². The fourth-order valence-electron chi connectivity index (χ4n) is 1.75. The second-order valence-corrected chi connectivity index (χ2v) is 4.01. The van der Waals surface area contributed by atoms with Crippen LogP contribution in [0.15, 0.2) is 0 Å². The number of nitrogens with zero attached hydrogens (tertiary/aromatic N) is 3. The standard InChI is InChI=1S/C12H21N5O/c1-6-17(7-10(18)13-4)12-8(2)11(14-5)15-9(3)16-12/h6-7H2,1-5H3,(H,13,18)(H,14,15,16). The Morgan fingerprint density at radius 1 is 1.28 bits per heavy atom. The van der Waals surface area contributed by atoms with E-state index in [1.54, 1.807) is 7.05 Å². The number of anilines is 2. The van der Waals surface area contributed by atoms with Crippen LogP contribution in [0.4, 0.5) is 11.6 Å². The maximum Gasteiger partial charge on any atom is 0.239 e. The molecule has 0 aliphatic carbocycles. The highest BCUT2D eigenvalue weighted by Gasteiger charge is 2.16. The summed E-state index contributed by atoms with van der Waals surface area (Å²) in [6, 6.07) is 0. The number of aromatic nitrogens is 2. The fourth-order valence-corrected chi connectivity index (χ4v) is 1.75. The van der Waals surface area contributed by atoms with E-state index in [9.17, 15) is 4.79 Å². The number of rotatable bonds is 5. The number of aryl methyl sites for hydroxylation is 1. The van der Waals surface area contributed by atoms with Crippen LogP contribution in [0.25, 0.3) is 0 Å². The zero-order chi connectivity index (χ0) is 13.7. The molecule has 1 amide bonds. The SMILES string of the molecule is CCN(CC(=O)NC)c1nc(C)nc(NC)c1C. The first-order valence-electron chi connectivity index (χ1n) is 6.02. The first kappa shape index (κ1) is 14.2. The van der Waals surface area contributed by atoms with Crippen LogP contribution in [0.5, 0.6) is 0 Å². The van der Waals surface area contributed by atoms with Crippen molar-refractivity contribution in [1.82, 2.24) is 15.3 Å². The number of carbonyl (C=O) groups is 1. The Kier molecular flexibility index (Phi) is 4.88. The van der Waals surface area contributed by atoms with Gasteiger partial charge in [0.25, 0.3) is 0 Å². The van der Waals surface area contributed by atoms with Crippen molar-refractivity contribution >= 4 is 17.5 Å². The van der Waals surface area contributed by atoms with Gasteiger partial charge in [-0.2, -0.15) is 0 Å². The average molecular weight is 251 g/mol. The van der Waals surface area contributed by atoms with Crippen molar-refractivity contribution in [2.45, 2.75) is 20.8 Å². The van der Waals surface area contributed by atoms with E-state index < -0.39 is 0 Å². The second kappa shape index (κ2) is 6.18. The molecule has 6 nitrogen and oxygen atoms in total. The summed E-state index contributed by atoms with van der Waals surface area (Å²) in [5.74, 6) is 2.26. The third-order valence-corrected chi connectivity index (χ3v) is 2.76. The third kappa shape index (κ3) is 3.09. The van der Waals surface area contributed by atoms with Crippen molar-refractivity contribution in [2.24, 2.45) is 0 Å². The van der Waals surface area contributed by atoms with Gasteiger partial charge in [0.1, 0.15) is 17.5 Å². The molecule has 0 unspecified atom stereocenters. The number of hydrogen-bond acceptors (Lipinski definition) is 5. The molecule has 0 radical (unpaired) electrons. The van der Waals surface area contributed by atoms with Gasteiger partial charge in [0.05, 0.1) is 6.54 Å². The van der Waals surface area contributed by atoms with Crippen LogP contribution in [0.2, 0.25) is 0 Å². The summed E-state index contributed by atoms with van der Waals surface area (Å²) >= 11 is 0. The zero-order valence-corrected chi connectivity index (χ0v) is 11.7. The van der Waals surface area contributed by atoms with Crippen molar-refractivity contribution in [3.63, 3.8) is 0 Å². The molecule has 1 heterocycles. The van der Waals surface area contributed by atoms with Crippen molar-refractivity contribution < 1.29 is 4.79 Å². The summed E-state index contributed by atoms with van der Waals surface area (Å²) < 4.78 is 0. The molecule has 0 aliphatic heterocycles. The van der Waals surface area contributed by atoms with Crippen molar-refractivity contribution in [2.75, 3.05) is 37.4 Å². The Morgan fingerprint density at radius 3 is 2.44 bits per heavy atom. The van der Waals surface area contributed by atoms with Gasteiger partial charge in [0, 0.05) is 26.2 Å². The molecule has 1 rings (SSSR count). The van der Waals surface area contributed by atoms with E-state index in [0.29, 0.717) is 18.9 Å². The lowest BCUT2D eigenvalue weighted by Crippen LogP contribution is -2.36. The number of nitrogens with one attached hydrogen (secondary N) is 2. The molecule has 0 saturated heterocycles. The van der Waals surface area contributed by atoms with Crippen LogP contribution in [0.3, 0.4) is 0 Å². The Hall–Kier alpha value is -1.85. The van der Waals surface area contributed by atoms with Gasteiger partial charge < -0.3 is 15.5 Å². The lowest BCUT2D eigenvalue weighted by atomic mass is 10.2. The van der Waals surface area contributed by atoms with Gasteiger partial charge >= 0.3 is 0 Å². The van der Waals surface area contributed by atoms with Gasteiger partial charge in [-0.1, -0.05) is 0 Å². The summed E-state index contributed by atoms with van der Waals surface area (Å²) in [7, 11) is 3.46. The molecule has 100 valence electrons. The van der Waals surface area contributed by atoms with Gasteiger partial charge in [0.2, 0.25) is 5.91 Å². The molecule has 0 bridgehead atoms. The van der Waals surface area contributed by atoms with Crippen molar-refractivity contribution in [3.8, 4) is 0 Å². The molecule has 0 saturated carbocycles. The van der Waals surface area contributed by atoms with Crippen LogP contribution < -0.4 is 15.5 Å². The Labute approximate surface area is 108 Å². The zero-order valence-electron chi connectivity index (χ0n) is 11.7. The Balaban J connectivity index is 3.12. The molecule has 0 atom stereocenters. The summed E-state index contributed by atoms with van der Waals surface area (Å²) in [6.45, 7) is 6.81. The lowest BCUT2D eigenvalue weighted by molar-refractivity contribution is -0.119. The van der Waals surface area contributed by atoms with E-state index in [-0.39, 0.29) is 5.91 Å². The van der Waals surface area contributed by atoms with E-state index in [2.05, 4.69) is 20.6 Å². The molecule has 0 fully saturated rings. The molecule has 1 aromatic heterocycles. The Bertz CT molecular complexity index is 433. The average Bonchev–Trinajstić information content (AvgIpc) is 2.38. The summed E-state index contributed by atoms with van der Waals surface area (Å²) in [4.78, 5) is 22.2. The van der Waals surface area contributed by atoms with Crippen molar-refractivity contribution in [3.05, 3.63) is 11.4 Å². The molecule has 0 aliphatic rings. The second-order valence-electron chi connectivity index (χ2n) is 4.01. The van der Waals surface area contributed by atoms with E-state index in [1.807, 2.05) is 32.7 Å². The van der Waals surface area contributed by atoms with Gasteiger partial charge in [-0.05, 0) is 20.8 Å². The Morgan fingerprint density at radius 2 is 1.94 bits per heavy atom. The van der Waals surface area contributed by atoms with E-state index >= 15 is 0 Å². The molecule has 18 heavy (non-hydrogen) atoms. The number of carbonyl (C=O) groups excluding carboxylic acids is 1. The maximum atomic E-state index is 11.5. The maximum absolute atomic E-state index is 11.5. The van der Waals surface area contributed by atoms with Gasteiger partial charge in [-0.15, -0.1) is 0 Å². The van der Waals surface area contributed by atoms with E-state index in [1.165, 1.54) is 0 Å².